The van der Waals surface area contributed by atoms with Crippen LogP contribution in [0, 0.1) is 0 Å². The van der Waals surface area contributed by atoms with Gasteiger partial charge in [0.1, 0.15) is 6.10 Å². The van der Waals surface area contributed by atoms with Crippen molar-refractivity contribution >= 4 is 5.97 Å². The number of aliphatic carboxylic acids is 1. The minimum Gasteiger partial charge on any atom is -0.481 e. The van der Waals surface area contributed by atoms with Crippen LogP contribution in [0.2, 0.25) is 0 Å². The molecule has 0 radical (unpaired) electrons. The zero-order chi connectivity index (χ0) is 26.3. The van der Waals surface area contributed by atoms with E-state index in [1.54, 1.807) is 13.8 Å². The first-order valence-electron chi connectivity index (χ1n) is 13.3. The second-order valence-corrected chi connectivity index (χ2v) is 10.6. The number of carboxylic acid groups (broad SMARTS) is 1. The molecule has 0 aliphatic carbocycles. The summed E-state index contributed by atoms with van der Waals surface area (Å²) in [6.07, 6.45) is 3.22. The van der Waals surface area contributed by atoms with Crippen molar-refractivity contribution in [2.45, 2.75) is 63.3 Å². The third-order valence-electron chi connectivity index (χ3n) is 7.57. The average Bonchev–Trinajstić information content (AvgIpc) is 2.93. The molecular formula is C32H39NO4. The maximum Gasteiger partial charge on any atom is 0.313 e. The highest BCUT2D eigenvalue weighted by atomic mass is 16.5. The van der Waals surface area contributed by atoms with Crippen LogP contribution in [0.25, 0.3) is 0 Å². The van der Waals surface area contributed by atoms with Gasteiger partial charge in [0, 0.05) is 13.1 Å². The summed E-state index contributed by atoms with van der Waals surface area (Å²) in [4.78, 5) is 13.9. The molecule has 1 saturated heterocycles. The van der Waals surface area contributed by atoms with Gasteiger partial charge in [-0.05, 0) is 68.3 Å². The molecule has 3 aromatic carbocycles. The fourth-order valence-corrected chi connectivity index (χ4v) is 4.99. The lowest BCUT2D eigenvalue weighted by molar-refractivity contribution is -0.142. The van der Waals surface area contributed by atoms with Gasteiger partial charge < -0.3 is 19.8 Å². The number of hydrogen-bond donors (Lipinski definition) is 2. The SMILES string of the molecule is CC(C)(C(=O)O)c1ccc(C(O)CCCN2CCC(OC(c3ccccc3)c3ccccc3)CC2)cc1. The summed E-state index contributed by atoms with van der Waals surface area (Å²) in [6, 6.07) is 28.2. The molecule has 1 heterocycles. The standard InChI is InChI=1S/C32H39NO4/c1-32(2,31(35)36)27-17-15-24(16-18-27)29(34)14-9-21-33-22-19-28(20-23-33)37-30(25-10-5-3-6-11-25)26-12-7-4-8-13-26/h3-8,10-13,15-18,28-30,34H,9,14,19-23H2,1-2H3,(H,35,36). The maximum absolute atomic E-state index is 11.5. The molecule has 5 heteroatoms. The van der Waals surface area contributed by atoms with Crippen LogP contribution in [-0.4, -0.2) is 46.8 Å². The number of rotatable bonds is 11. The van der Waals surface area contributed by atoms with E-state index in [9.17, 15) is 15.0 Å². The van der Waals surface area contributed by atoms with Crippen LogP contribution in [0.3, 0.4) is 0 Å². The predicted octanol–water partition coefficient (Wildman–Crippen LogP) is 6.13. The van der Waals surface area contributed by atoms with Crippen molar-refractivity contribution in [1.29, 1.82) is 0 Å². The molecule has 0 spiro atoms. The molecule has 1 unspecified atom stereocenters. The molecule has 2 N–H and O–H groups in total. The molecule has 0 bridgehead atoms. The number of likely N-dealkylation sites (tertiary alicyclic amines) is 1. The largest absolute Gasteiger partial charge is 0.481 e. The summed E-state index contributed by atoms with van der Waals surface area (Å²) in [6.45, 7) is 6.33. The number of piperidine rings is 1. The minimum atomic E-state index is -0.943. The molecule has 1 aliphatic heterocycles. The molecule has 0 saturated carbocycles. The minimum absolute atomic E-state index is 0.0541. The Morgan fingerprint density at radius 1 is 0.892 bits per heavy atom. The number of carboxylic acids is 1. The fourth-order valence-electron chi connectivity index (χ4n) is 4.99. The third-order valence-corrected chi connectivity index (χ3v) is 7.57. The van der Waals surface area contributed by atoms with Gasteiger partial charge in [-0.2, -0.15) is 0 Å². The molecule has 1 atom stereocenters. The Hall–Kier alpha value is -2.99. The molecule has 1 aliphatic rings. The van der Waals surface area contributed by atoms with E-state index in [1.165, 1.54) is 11.1 Å². The van der Waals surface area contributed by atoms with Gasteiger partial charge in [-0.1, -0.05) is 84.9 Å². The number of hydrogen-bond acceptors (Lipinski definition) is 4. The van der Waals surface area contributed by atoms with E-state index in [1.807, 2.05) is 36.4 Å². The quantitative estimate of drug-likeness (QED) is 0.331. The molecule has 5 nitrogen and oxygen atoms in total. The highest BCUT2D eigenvalue weighted by Crippen LogP contribution is 2.30. The van der Waals surface area contributed by atoms with Gasteiger partial charge in [-0.3, -0.25) is 4.79 Å². The van der Waals surface area contributed by atoms with Crippen molar-refractivity contribution in [3.63, 3.8) is 0 Å². The molecule has 196 valence electrons. The van der Waals surface area contributed by atoms with E-state index >= 15 is 0 Å². The Morgan fingerprint density at radius 2 is 1.43 bits per heavy atom. The summed E-state index contributed by atoms with van der Waals surface area (Å²) < 4.78 is 6.66. The smallest absolute Gasteiger partial charge is 0.313 e. The third kappa shape index (κ3) is 7.07. The molecule has 3 aromatic rings. The van der Waals surface area contributed by atoms with E-state index in [0.29, 0.717) is 6.42 Å². The van der Waals surface area contributed by atoms with Crippen LogP contribution in [0.15, 0.2) is 84.9 Å². The molecule has 1 fully saturated rings. The highest BCUT2D eigenvalue weighted by Gasteiger charge is 2.29. The summed E-state index contributed by atoms with van der Waals surface area (Å²) in [7, 11) is 0. The van der Waals surface area contributed by atoms with Gasteiger partial charge in [-0.25, -0.2) is 0 Å². The highest BCUT2D eigenvalue weighted by molar-refractivity contribution is 5.80. The number of carbonyl (C=O) groups is 1. The second-order valence-electron chi connectivity index (χ2n) is 10.6. The van der Waals surface area contributed by atoms with Crippen molar-refractivity contribution in [1.82, 2.24) is 4.90 Å². The lowest BCUT2D eigenvalue weighted by atomic mass is 9.84. The van der Waals surface area contributed by atoms with E-state index < -0.39 is 17.5 Å². The van der Waals surface area contributed by atoms with E-state index in [0.717, 1.165) is 50.0 Å². The van der Waals surface area contributed by atoms with Crippen molar-refractivity contribution < 1.29 is 19.7 Å². The maximum atomic E-state index is 11.5. The molecular weight excluding hydrogens is 462 g/mol. The lowest BCUT2D eigenvalue weighted by Crippen LogP contribution is -2.38. The van der Waals surface area contributed by atoms with Gasteiger partial charge in [0.05, 0.1) is 17.6 Å². The molecule has 4 rings (SSSR count). The first-order chi connectivity index (χ1) is 17.8. The lowest BCUT2D eigenvalue weighted by Gasteiger charge is -2.34. The number of benzene rings is 3. The van der Waals surface area contributed by atoms with Crippen molar-refractivity contribution in [3.8, 4) is 0 Å². The van der Waals surface area contributed by atoms with Crippen LogP contribution in [0.4, 0.5) is 0 Å². The number of ether oxygens (including phenoxy) is 1. The summed E-state index contributed by atoms with van der Waals surface area (Å²) in [5.41, 5.74) is 3.00. The van der Waals surface area contributed by atoms with E-state index in [4.69, 9.17) is 4.74 Å². The Balaban J connectivity index is 1.23. The Kier molecular flexibility index (Phi) is 9.14. The number of nitrogens with zero attached hydrogens (tertiary/aromatic N) is 1. The first kappa shape index (κ1) is 27.1. The van der Waals surface area contributed by atoms with Crippen molar-refractivity contribution in [2.24, 2.45) is 0 Å². The monoisotopic (exact) mass is 501 g/mol. The van der Waals surface area contributed by atoms with Gasteiger partial charge in [0.25, 0.3) is 0 Å². The van der Waals surface area contributed by atoms with Gasteiger partial charge in [0.2, 0.25) is 0 Å². The summed E-state index contributed by atoms with van der Waals surface area (Å²) >= 11 is 0. The predicted molar refractivity (Wildman–Crippen MR) is 147 cm³/mol. The average molecular weight is 502 g/mol. The van der Waals surface area contributed by atoms with Crippen LogP contribution < -0.4 is 0 Å². The molecule has 37 heavy (non-hydrogen) atoms. The van der Waals surface area contributed by atoms with Crippen LogP contribution in [0.5, 0.6) is 0 Å². The molecule has 0 amide bonds. The van der Waals surface area contributed by atoms with Crippen LogP contribution in [0.1, 0.15) is 74.0 Å². The Bertz CT molecular complexity index is 1070. The van der Waals surface area contributed by atoms with E-state index in [-0.39, 0.29) is 12.2 Å². The van der Waals surface area contributed by atoms with Crippen LogP contribution >= 0.6 is 0 Å². The van der Waals surface area contributed by atoms with Crippen molar-refractivity contribution in [2.75, 3.05) is 19.6 Å². The van der Waals surface area contributed by atoms with Gasteiger partial charge in [0.15, 0.2) is 0 Å². The normalized spacial score (nSPS) is 16.1. The molecule has 0 aromatic heterocycles. The first-order valence-corrected chi connectivity index (χ1v) is 13.3. The van der Waals surface area contributed by atoms with Crippen LogP contribution in [-0.2, 0) is 14.9 Å². The Labute approximate surface area is 220 Å². The number of aliphatic hydroxyl groups is 1. The van der Waals surface area contributed by atoms with Crippen molar-refractivity contribution in [3.05, 3.63) is 107 Å². The second kappa shape index (κ2) is 12.5. The van der Waals surface area contributed by atoms with Gasteiger partial charge in [-0.15, -0.1) is 0 Å². The topological polar surface area (TPSA) is 70.0 Å². The summed E-state index contributed by atoms with van der Waals surface area (Å²) in [5.74, 6) is -0.856. The fraction of sp³-hybridized carbons (Fsp3) is 0.406. The van der Waals surface area contributed by atoms with Gasteiger partial charge >= 0.3 is 5.97 Å². The zero-order valence-corrected chi connectivity index (χ0v) is 21.9. The Morgan fingerprint density at radius 3 is 1.95 bits per heavy atom. The summed E-state index contributed by atoms with van der Waals surface area (Å²) in [5, 5.41) is 20.1. The van der Waals surface area contributed by atoms with E-state index in [2.05, 4.69) is 53.4 Å². The zero-order valence-electron chi connectivity index (χ0n) is 21.9. The number of aliphatic hydroxyl groups excluding tert-OH is 1.